The van der Waals surface area contributed by atoms with Crippen LogP contribution in [0.2, 0.25) is 0 Å². The second kappa shape index (κ2) is 8.84. The first kappa shape index (κ1) is 17.7. The van der Waals surface area contributed by atoms with Crippen molar-refractivity contribution in [3.8, 4) is 0 Å². The molecule has 0 spiro atoms. The Bertz CT molecular complexity index is 669. The summed E-state index contributed by atoms with van der Waals surface area (Å²) in [6, 6.07) is 16.2. The fourth-order valence-electron chi connectivity index (χ4n) is 2.26. The van der Waals surface area contributed by atoms with E-state index in [0.29, 0.717) is 18.7 Å². The number of hydrogen-bond donors (Lipinski definition) is 2. The molecule has 0 heterocycles. The maximum atomic E-state index is 12.0. The van der Waals surface area contributed by atoms with Gasteiger partial charge < -0.3 is 15.8 Å². The Hall–Kier alpha value is -2.66. The van der Waals surface area contributed by atoms with E-state index in [9.17, 15) is 9.59 Å². The van der Waals surface area contributed by atoms with Crippen molar-refractivity contribution in [2.75, 3.05) is 6.61 Å². The number of carbonyl (C=O) groups excluding carboxylic acids is 2. The molecular weight excluding hydrogens is 304 g/mol. The highest BCUT2D eigenvalue weighted by Gasteiger charge is 2.11. The molecule has 0 aliphatic heterocycles. The van der Waals surface area contributed by atoms with E-state index in [4.69, 9.17) is 10.5 Å². The quantitative estimate of drug-likeness (QED) is 0.766. The van der Waals surface area contributed by atoms with E-state index in [0.717, 1.165) is 11.1 Å². The van der Waals surface area contributed by atoms with Gasteiger partial charge in [-0.3, -0.25) is 4.79 Å². The van der Waals surface area contributed by atoms with Crippen LogP contribution in [0.4, 0.5) is 0 Å². The zero-order valence-corrected chi connectivity index (χ0v) is 13.7. The van der Waals surface area contributed by atoms with E-state index in [1.165, 1.54) is 0 Å². The molecular formula is C19H22N2O3. The Balaban J connectivity index is 1.82. The summed E-state index contributed by atoms with van der Waals surface area (Å²) in [4.78, 5) is 23.6. The standard InChI is InChI=1S/C19H22N2O3/c1-2-24-19(23)16-10-8-14(9-11-16)13-21-18(22)12-17(20)15-6-4-3-5-7-15/h3-11,17H,2,12-13,20H2,1H3,(H,21,22). The van der Waals surface area contributed by atoms with E-state index < -0.39 is 0 Å². The molecule has 0 aliphatic rings. The number of rotatable bonds is 7. The van der Waals surface area contributed by atoms with Crippen LogP contribution in [-0.2, 0) is 16.1 Å². The van der Waals surface area contributed by atoms with Gasteiger partial charge in [-0.1, -0.05) is 42.5 Å². The van der Waals surface area contributed by atoms with Crippen LogP contribution < -0.4 is 11.1 Å². The van der Waals surface area contributed by atoms with Crippen LogP contribution in [0.25, 0.3) is 0 Å². The molecule has 0 aliphatic carbocycles. The molecule has 5 heteroatoms. The molecule has 0 saturated carbocycles. The second-order valence-electron chi connectivity index (χ2n) is 5.42. The van der Waals surface area contributed by atoms with Crippen molar-refractivity contribution in [1.29, 1.82) is 0 Å². The first-order valence-corrected chi connectivity index (χ1v) is 7.93. The smallest absolute Gasteiger partial charge is 0.338 e. The maximum absolute atomic E-state index is 12.0. The molecule has 0 bridgehead atoms. The first-order valence-electron chi connectivity index (χ1n) is 7.93. The molecule has 5 nitrogen and oxygen atoms in total. The highest BCUT2D eigenvalue weighted by atomic mass is 16.5. The third kappa shape index (κ3) is 5.21. The number of carbonyl (C=O) groups is 2. The van der Waals surface area contributed by atoms with Crippen molar-refractivity contribution >= 4 is 11.9 Å². The average molecular weight is 326 g/mol. The highest BCUT2D eigenvalue weighted by Crippen LogP contribution is 2.13. The Morgan fingerprint density at radius 1 is 1.08 bits per heavy atom. The minimum atomic E-state index is -0.345. The van der Waals surface area contributed by atoms with Gasteiger partial charge in [0.05, 0.1) is 12.2 Å². The van der Waals surface area contributed by atoms with Crippen molar-refractivity contribution in [2.24, 2.45) is 5.73 Å². The van der Waals surface area contributed by atoms with Crippen molar-refractivity contribution in [3.05, 3.63) is 71.3 Å². The molecule has 24 heavy (non-hydrogen) atoms. The lowest BCUT2D eigenvalue weighted by atomic mass is 10.0. The molecule has 1 amide bonds. The van der Waals surface area contributed by atoms with Gasteiger partial charge >= 0.3 is 5.97 Å². The van der Waals surface area contributed by atoms with E-state index in [-0.39, 0.29) is 24.3 Å². The van der Waals surface area contributed by atoms with Gasteiger partial charge in [0.15, 0.2) is 0 Å². The lowest BCUT2D eigenvalue weighted by Crippen LogP contribution is -2.27. The summed E-state index contributed by atoms with van der Waals surface area (Å²) in [6.45, 7) is 2.50. The molecule has 0 aromatic heterocycles. The maximum Gasteiger partial charge on any atom is 0.338 e. The zero-order valence-electron chi connectivity index (χ0n) is 13.7. The molecule has 0 radical (unpaired) electrons. The number of nitrogens with two attached hydrogens (primary N) is 1. The first-order chi connectivity index (χ1) is 11.6. The average Bonchev–Trinajstić information content (AvgIpc) is 2.61. The number of ether oxygens (including phenoxy) is 1. The topological polar surface area (TPSA) is 81.4 Å². The van der Waals surface area contributed by atoms with E-state index >= 15 is 0 Å². The largest absolute Gasteiger partial charge is 0.462 e. The number of nitrogens with one attached hydrogen (secondary N) is 1. The normalized spacial score (nSPS) is 11.6. The van der Waals surface area contributed by atoms with Crippen molar-refractivity contribution in [2.45, 2.75) is 25.9 Å². The Morgan fingerprint density at radius 3 is 2.38 bits per heavy atom. The molecule has 1 atom stereocenters. The summed E-state index contributed by atoms with van der Waals surface area (Å²) in [5.41, 5.74) is 8.38. The van der Waals surface area contributed by atoms with Crippen LogP contribution in [0.15, 0.2) is 54.6 Å². The lowest BCUT2D eigenvalue weighted by Gasteiger charge is -2.12. The lowest BCUT2D eigenvalue weighted by molar-refractivity contribution is -0.121. The summed E-state index contributed by atoms with van der Waals surface area (Å²) in [5.74, 6) is -0.456. The third-order valence-corrected chi connectivity index (χ3v) is 3.59. The SMILES string of the molecule is CCOC(=O)c1ccc(CNC(=O)CC(N)c2ccccc2)cc1. The van der Waals surface area contributed by atoms with Gasteiger partial charge in [-0.05, 0) is 30.2 Å². The van der Waals surface area contributed by atoms with Crippen LogP contribution in [-0.4, -0.2) is 18.5 Å². The van der Waals surface area contributed by atoms with Gasteiger partial charge in [0.2, 0.25) is 5.91 Å². The van der Waals surface area contributed by atoms with E-state index in [1.807, 2.05) is 30.3 Å². The van der Waals surface area contributed by atoms with Crippen molar-refractivity contribution < 1.29 is 14.3 Å². The molecule has 0 fully saturated rings. The molecule has 2 aromatic rings. The predicted octanol–water partition coefficient (Wildman–Crippen LogP) is 2.57. The fourth-order valence-corrected chi connectivity index (χ4v) is 2.26. The highest BCUT2D eigenvalue weighted by molar-refractivity contribution is 5.89. The molecule has 0 saturated heterocycles. The second-order valence-corrected chi connectivity index (χ2v) is 5.42. The van der Waals surface area contributed by atoms with Crippen LogP contribution in [0.5, 0.6) is 0 Å². The van der Waals surface area contributed by atoms with Gasteiger partial charge in [-0.15, -0.1) is 0 Å². The zero-order chi connectivity index (χ0) is 17.4. The Kier molecular flexibility index (Phi) is 6.51. The van der Waals surface area contributed by atoms with E-state index in [2.05, 4.69) is 5.32 Å². The summed E-state index contributed by atoms with van der Waals surface area (Å²) in [5, 5.41) is 2.84. The van der Waals surface area contributed by atoms with Crippen molar-refractivity contribution in [1.82, 2.24) is 5.32 Å². The summed E-state index contributed by atoms with van der Waals surface area (Å²) < 4.78 is 4.93. The Labute approximate surface area is 141 Å². The van der Waals surface area contributed by atoms with Crippen molar-refractivity contribution in [3.63, 3.8) is 0 Å². The van der Waals surface area contributed by atoms with Crippen LogP contribution >= 0.6 is 0 Å². The molecule has 2 aromatic carbocycles. The third-order valence-electron chi connectivity index (χ3n) is 3.59. The number of hydrogen-bond acceptors (Lipinski definition) is 4. The fraction of sp³-hybridized carbons (Fsp3) is 0.263. The van der Waals surface area contributed by atoms with Gasteiger partial charge in [0, 0.05) is 19.0 Å². The summed E-state index contributed by atoms with van der Waals surface area (Å²) in [6.07, 6.45) is 0.227. The molecule has 126 valence electrons. The molecule has 1 unspecified atom stereocenters. The molecule has 2 rings (SSSR count). The number of esters is 1. The van der Waals surface area contributed by atoms with Crippen LogP contribution in [0.1, 0.15) is 40.9 Å². The minimum Gasteiger partial charge on any atom is -0.462 e. The minimum absolute atomic E-state index is 0.110. The summed E-state index contributed by atoms with van der Waals surface area (Å²) in [7, 11) is 0. The van der Waals surface area contributed by atoms with Gasteiger partial charge in [-0.2, -0.15) is 0 Å². The number of amides is 1. The Morgan fingerprint density at radius 2 is 1.75 bits per heavy atom. The summed E-state index contributed by atoms with van der Waals surface area (Å²) >= 11 is 0. The van der Waals surface area contributed by atoms with Gasteiger partial charge in [0.25, 0.3) is 0 Å². The van der Waals surface area contributed by atoms with Crippen LogP contribution in [0.3, 0.4) is 0 Å². The van der Waals surface area contributed by atoms with Crippen LogP contribution in [0, 0.1) is 0 Å². The molecule has 3 N–H and O–H groups in total. The monoisotopic (exact) mass is 326 g/mol. The van der Waals surface area contributed by atoms with Gasteiger partial charge in [0.1, 0.15) is 0 Å². The predicted molar refractivity (Wildman–Crippen MR) is 92.2 cm³/mol. The van der Waals surface area contributed by atoms with E-state index in [1.54, 1.807) is 31.2 Å². The number of benzene rings is 2. The van der Waals surface area contributed by atoms with Gasteiger partial charge in [-0.25, -0.2) is 4.79 Å².